The van der Waals surface area contributed by atoms with E-state index < -0.39 is 6.61 Å². The van der Waals surface area contributed by atoms with Gasteiger partial charge in [-0.05, 0) is 43.0 Å². The van der Waals surface area contributed by atoms with Gasteiger partial charge in [0.1, 0.15) is 5.75 Å². The fourth-order valence-corrected chi connectivity index (χ4v) is 2.83. The summed E-state index contributed by atoms with van der Waals surface area (Å²) in [6, 6.07) is 13.4. The Labute approximate surface area is 122 Å². The van der Waals surface area contributed by atoms with Gasteiger partial charge in [0.05, 0.1) is 6.04 Å². The molecule has 0 amide bonds. The molecule has 4 heteroatoms. The summed E-state index contributed by atoms with van der Waals surface area (Å²) in [5, 5.41) is 3.41. The first-order chi connectivity index (χ1) is 10.1. The third-order valence-electron chi connectivity index (χ3n) is 3.78. The molecule has 0 fully saturated rings. The Kier molecular flexibility index (Phi) is 3.78. The minimum Gasteiger partial charge on any atom is -0.435 e. The van der Waals surface area contributed by atoms with E-state index in [1.165, 1.54) is 22.8 Å². The molecule has 1 unspecified atom stereocenters. The van der Waals surface area contributed by atoms with Gasteiger partial charge < -0.3 is 10.1 Å². The molecule has 3 rings (SSSR count). The van der Waals surface area contributed by atoms with Gasteiger partial charge >= 0.3 is 6.61 Å². The van der Waals surface area contributed by atoms with Crippen molar-refractivity contribution in [3.8, 4) is 5.75 Å². The van der Waals surface area contributed by atoms with Crippen LogP contribution in [0.2, 0.25) is 0 Å². The summed E-state index contributed by atoms with van der Waals surface area (Å²) in [6.45, 7) is -0.720. The molecule has 1 aliphatic rings. The summed E-state index contributed by atoms with van der Waals surface area (Å²) in [4.78, 5) is 0. The number of anilines is 1. The Bertz CT molecular complexity index is 642. The molecule has 1 atom stereocenters. The van der Waals surface area contributed by atoms with E-state index in [4.69, 9.17) is 0 Å². The van der Waals surface area contributed by atoms with Crippen LogP contribution in [0.4, 0.5) is 14.5 Å². The number of hydrogen-bond acceptors (Lipinski definition) is 2. The van der Waals surface area contributed by atoms with Crippen LogP contribution in [-0.2, 0) is 6.42 Å². The summed E-state index contributed by atoms with van der Waals surface area (Å²) in [5.41, 5.74) is 4.69. The minimum absolute atomic E-state index is 0.178. The molecular formula is C17H17F2NO. The fourth-order valence-electron chi connectivity index (χ4n) is 2.83. The van der Waals surface area contributed by atoms with Gasteiger partial charge in [-0.2, -0.15) is 8.78 Å². The van der Waals surface area contributed by atoms with Crippen LogP contribution in [0.5, 0.6) is 5.75 Å². The van der Waals surface area contributed by atoms with E-state index >= 15 is 0 Å². The van der Waals surface area contributed by atoms with Crippen molar-refractivity contribution in [2.24, 2.45) is 0 Å². The van der Waals surface area contributed by atoms with E-state index in [1.54, 1.807) is 12.1 Å². The van der Waals surface area contributed by atoms with Crippen molar-refractivity contribution in [2.75, 3.05) is 5.32 Å². The van der Waals surface area contributed by atoms with E-state index in [0.717, 1.165) is 18.5 Å². The van der Waals surface area contributed by atoms with Gasteiger partial charge in [-0.15, -0.1) is 0 Å². The second-order valence-electron chi connectivity index (χ2n) is 5.34. The minimum atomic E-state index is -2.80. The Morgan fingerprint density at radius 3 is 2.86 bits per heavy atom. The molecule has 1 N–H and O–H groups in total. The quantitative estimate of drug-likeness (QED) is 0.881. The zero-order valence-electron chi connectivity index (χ0n) is 11.8. The van der Waals surface area contributed by atoms with Crippen LogP contribution in [-0.4, -0.2) is 6.61 Å². The molecule has 2 aromatic carbocycles. The number of halogens is 2. The van der Waals surface area contributed by atoms with E-state index in [1.807, 2.05) is 6.07 Å². The topological polar surface area (TPSA) is 21.3 Å². The van der Waals surface area contributed by atoms with Gasteiger partial charge in [0.25, 0.3) is 0 Å². The summed E-state index contributed by atoms with van der Waals surface area (Å²) in [7, 11) is 0. The van der Waals surface area contributed by atoms with Crippen molar-refractivity contribution in [3.05, 3.63) is 59.2 Å². The molecule has 0 aliphatic heterocycles. The lowest BCUT2D eigenvalue weighted by atomic mass is 10.0. The van der Waals surface area contributed by atoms with Crippen LogP contribution in [0.15, 0.2) is 42.5 Å². The van der Waals surface area contributed by atoms with Crippen molar-refractivity contribution in [2.45, 2.75) is 32.4 Å². The lowest BCUT2D eigenvalue weighted by Crippen LogP contribution is -2.08. The van der Waals surface area contributed by atoms with Crippen LogP contribution >= 0.6 is 0 Å². The predicted molar refractivity (Wildman–Crippen MR) is 78.9 cm³/mol. The highest BCUT2D eigenvalue weighted by Gasteiger charge is 2.22. The molecule has 0 radical (unpaired) electrons. The molecule has 2 aromatic rings. The SMILES string of the molecule is Cc1ccc2c(c1)C(Nc1cccc(OC(F)F)c1)CC2. The van der Waals surface area contributed by atoms with Gasteiger partial charge in [0.15, 0.2) is 0 Å². The van der Waals surface area contributed by atoms with Crippen molar-refractivity contribution >= 4 is 5.69 Å². The van der Waals surface area contributed by atoms with Crippen LogP contribution in [0.3, 0.4) is 0 Å². The third-order valence-corrected chi connectivity index (χ3v) is 3.78. The summed E-state index contributed by atoms with van der Waals surface area (Å²) < 4.78 is 28.9. The average molecular weight is 289 g/mol. The molecule has 0 saturated carbocycles. The summed E-state index contributed by atoms with van der Waals surface area (Å²) >= 11 is 0. The summed E-state index contributed by atoms with van der Waals surface area (Å²) in [6.07, 6.45) is 2.05. The molecular weight excluding hydrogens is 272 g/mol. The number of nitrogens with one attached hydrogen (secondary N) is 1. The molecule has 0 heterocycles. The predicted octanol–water partition coefficient (Wildman–Crippen LogP) is 4.70. The first-order valence-electron chi connectivity index (χ1n) is 7.02. The number of ether oxygens (including phenoxy) is 1. The normalized spacial score (nSPS) is 16.9. The molecule has 0 spiro atoms. The molecule has 0 bridgehead atoms. The first-order valence-corrected chi connectivity index (χ1v) is 7.02. The Morgan fingerprint density at radius 1 is 1.19 bits per heavy atom. The van der Waals surface area contributed by atoms with E-state index in [0.29, 0.717) is 0 Å². The zero-order chi connectivity index (χ0) is 14.8. The molecule has 1 aliphatic carbocycles. The smallest absolute Gasteiger partial charge is 0.387 e. The maximum Gasteiger partial charge on any atom is 0.387 e. The molecule has 21 heavy (non-hydrogen) atoms. The number of aryl methyl sites for hydroxylation is 2. The molecule has 2 nitrogen and oxygen atoms in total. The average Bonchev–Trinajstić information content (AvgIpc) is 2.81. The Hall–Kier alpha value is -2.10. The molecule has 0 aromatic heterocycles. The molecule has 110 valence electrons. The monoisotopic (exact) mass is 289 g/mol. The highest BCUT2D eigenvalue weighted by atomic mass is 19.3. The number of rotatable bonds is 4. The first kappa shape index (κ1) is 13.9. The van der Waals surface area contributed by atoms with Gasteiger partial charge in [-0.25, -0.2) is 0 Å². The number of fused-ring (bicyclic) bond motifs is 1. The van der Waals surface area contributed by atoms with Gasteiger partial charge in [0.2, 0.25) is 0 Å². The van der Waals surface area contributed by atoms with Crippen molar-refractivity contribution in [1.29, 1.82) is 0 Å². The molecule has 0 saturated heterocycles. The van der Waals surface area contributed by atoms with Gasteiger partial charge in [-0.3, -0.25) is 0 Å². The maximum absolute atomic E-state index is 12.3. The van der Waals surface area contributed by atoms with Crippen LogP contribution in [0, 0.1) is 6.92 Å². The van der Waals surface area contributed by atoms with Crippen LogP contribution in [0.1, 0.15) is 29.2 Å². The van der Waals surface area contributed by atoms with Gasteiger partial charge in [0, 0.05) is 11.8 Å². The zero-order valence-corrected chi connectivity index (χ0v) is 11.8. The Balaban J connectivity index is 1.78. The van der Waals surface area contributed by atoms with Crippen molar-refractivity contribution in [1.82, 2.24) is 0 Å². The van der Waals surface area contributed by atoms with E-state index in [2.05, 4.69) is 35.2 Å². The van der Waals surface area contributed by atoms with Gasteiger partial charge in [-0.1, -0.05) is 29.8 Å². The van der Waals surface area contributed by atoms with Crippen molar-refractivity contribution < 1.29 is 13.5 Å². The van der Waals surface area contributed by atoms with E-state index in [-0.39, 0.29) is 11.8 Å². The van der Waals surface area contributed by atoms with Crippen LogP contribution in [0.25, 0.3) is 0 Å². The lowest BCUT2D eigenvalue weighted by Gasteiger charge is -2.17. The van der Waals surface area contributed by atoms with E-state index in [9.17, 15) is 8.78 Å². The lowest BCUT2D eigenvalue weighted by molar-refractivity contribution is -0.0498. The second kappa shape index (κ2) is 5.72. The van der Waals surface area contributed by atoms with Crippen LogP contribution < -0.4 is 10.1 Å². The largest absolute Gasteiger partial charge is 0.435 e. The number of hydrogen-bond donors (Lipinski definition) is 1. The second-order valence-corrected chi connectivity index (χ2v) is 5.34. The highest BCUT2D eigenvalue weighted by molar-refractivity contribution is 5.52. The highest BCUT2D eigenvalue weighted by Crippen LogP contribution is 2.35. The number of alkyl halides is 2. The Morgan fingerprint density at radius 2 is 2.05 bits per heavy atom. The fraction of sp³-hybridized carbons (Fsp3) is 0.294. The number of benzene rings is 2. The van der Waals surface area contributed by atoms with Crippen molar-refractivity contribution in [3.63, 3.8) is 0 Å². The standard InChI is InChI=1S/C17H17F2NO/c1-11-5-6-12-7-8-16(15(12)9-11)20-13-3-2-4-14(10-13)21-17(18)19/h2-6,9-10,16-17,20H,7-8H2,1H3. The third kappa shape index (κ3) is 3.15. The maximum atomic E-state index is 12.3. The summed E-state index contributed by atoms with van der Waals surface area (Å²) in [5.74, 6) is 0.178.